The van der Waals surface area contributed by atoms with Gasteiger partial charge in [-0.05, 0) is 36.8 Å². The molecule has 1 atom stereocenters. The Morgan fingerprint density at radius 3 is 2.59 bits per heavy atom. The molecule has 0 spiro atoms. The summed E-state index contributed by atoms with van der Waals surface area (Å²) in [6.07, 6.45) is 0. The first-order chi connectivity index (χ1) is 10.6. The van der Waals surface area contributed by atoms with E-state index in [0.717, 1.165) is 10.2 Å². The number of methoxy groups -OCH3 is 1. The van der Waals surface area contributed by atoms with E-state index in [1.807, 2.05) is 43.3 Å². The van der Waals surface area contributed by atoms with Crippen molar-refractivity contribution >= 4 is 39.3 Å². The van der Waals surface area contributed by atoms with Gasteiger partial charge < -0.3 is 10.1 Å². The Morgan fingerprint density at radius 2 is 1.91 bits per heavy atom. The van der Waals surface area contributed by atoms with Crippen molar-refractivity contribution in [1.29, 1.82) is 0 Å². The van der Waals surface area contributed by atoms with E-state index in [0.29, 0.717) is 11.4 Å². The minimum absolute atomic E-state index is 0.0217. The predicted molar refractivity (Wildman–Crippen MR) is 96.5 cm³/mol. The lowest BCUT2D eigenvalue weighted by Crippen LogP contribution is -2.22. The molecular formula is C17H18BrNO2S. The number of hydrogen-bond acceptors (Lipinski definition) is 3. The molecule has 0 bridgehead atoms. The number of anilines is 1. The largest absolute Gasteiger partial charge is 0.495 e. The van der Waals surface area contributed by atoms with Gasteiger partial charge in [0.05, 0.1) is 18.0 Å². The van der Waals surface area contributed by atoms with Gasteiger partial charge in [-0.2, -0.15) is 0 Å². The fraction of sp³-hybridized carbons (Fsp3) is 0.235. The Kier molecular flexibility index (Phi) is 6.34. The van der Waals surface area contributed by atoms with Crippen molar-refractivity contribution in [3.63, 3.8) is 0 Å². The lowest BCUT2D eigenvalue weighted by Gasteiger charge is -2.14. The molecule has 3 nitrogen and oxygen atoms in total. The first-order valence-electron chi connectivity index (χ1n) is 6.90. The molecule has 0 radical (unpaired) electrons. The second kappa shape index (κ2) is 8.25. The van der Waals surface area contributed by atoms with E-state index in [1.54, 1.807) is 18.9 Å². The van der Waals surface area contributed by atoms with Crippen LogP contribution in [0.3, 0.4) is 0 Å². The van der Waals surface area contributed by atoms with E-state index in [9.17, 15) is 4.79 Å². The molecule has 0 fully saturated rings. The summed E-state index contributed by atoms with van der Waals surface area (Å²) < 4.78 is 6.30. The highest BCUT2D eigenvalue weighted by molar-refractivity contribution is 9.10. The number of para-hydroxylation sites is 2. The van der Waals surface area contributed by atoms with Gasteiger partial charge in [0, 0.05) is 10.2 Å². The van der Waals surface area contributed by atoms with Crippen LogP contribution in [0.25, 0.3) is 0 Å². The molecule has 1 N–H and O–H groups in total. The number of amides is 1. The number of hydrogen-bond donors (Lipinski definition) is 1. The van der Waals surface area contributed by atoms with Crippen molar-refractivity contribution in [1.82, 2.24) is 0 Å². The van der Waals surface area contributed by atoms with Gasteiger partial charge in [0.1, 0.15) is 5.75 Å². The van der Waals surface area contributed by atoms with Crippen molar-refractivity contribution < 1.29 is 9.53 Å². The molecule has 2 aromatic rings. The minimum Gasteiger partial charge on any atom is -0.495 e. The standard InChI is InChI=1S/C17H18BrNO2S/c1-12(22-11-13-7-9-14(18)10-8-13)17(20)19-15-5-3-4-6-16(15)21-2/h3-10,12H,11H2,1-2H3,(H,19,20). The summed E-state index contributed by atoms with van der Waals surface area (Å²) in [5, 5.41) is 2.77. The monoisotopic (exact) mass is 379 g/mol. The number of rotatable bonds is 6. The highest BCUT2D eigenvalue weighted by atomic mass is 79.9. The zero-order chi connectivity index (χ0) is 15.9. The highest BCUT2D eigenvalue weighted by Crippen LogP contribution is 2.25. The van der Waals surface area contributed by atoms with E-state index in [1.165, 1.54) is 5.56 Å². The molecule has 2 aromatic carbocycles. The third-order valence-corrected chi connectivity index (χ3v) is 4.89. The predicted octanol–water partition coefficient (Wildman–Crippen LogP) is 4.72. The first kappa shape index (κ1) is 16.9. The van der Waals surface area contributed by atoms with Crippen molar-refractivity contribution in [3.05, 3.63) is 58.6 Å². The maximum Gasteiger partial charge on any atom is 0.237 e. The SMILES string of the molecule is COc1ccccc1NC(=O)C(C)SCc1ccc(Br)cc1. The van der Waals surface area contributed by atoms with Crippen LogP contribution in [0.1, 0.15) is 12.5 Å². The second-order valence-corrected chi connectivity index (χ2v) is 7.01. The van der Waals surface area contributed by atoms with Crippen LogP contribution in [-0.4, -0.2) is 18.3 Å². The van der Waals surface area contributed by atoms with Gasteiger partial charge in [0.2, 0.25) is 5.91 Å². The molecule has 0 aliphatic carbocycles. The molecule has 22 heavy (non-hydrogen) atoms. The smallest absolute Gasteiger partial charge is 0.237 e. The zero-order valence-electron chi connectivity index (χ0n) is 12.5. The number of halogens is 1. The molecule has 5 heteroatoms. The Balaban J connectivity index is 1.90. The van der Waals surface area contributed by atoms with E-state index in [2.05, 4.69) is 33.4 Å². The fourth-order valence-electron chi connectivity index (χ4n) is 1.86. The van der Waals surface area contributed by atoms with Crippen LogP contribution in [0.5, 0.6) is 5.75 Å². The van der Waals surface area contributed by atoms with Gasteiger partial charge in [-0.25, -0.2) is 0 Å². The molecule has 1 unspecified atom stereocenters. The molecule has 0 saturated carbocycles. The first-order valence-corrected chi connectivity index (χ1v) is 8.74. The number of carbonyl (C=O) groups excluding carboxylic acids is 1. The summed E-state index contributed by atoms with van der Waals surface area (Å²) in [6.45, 7) is 1.91. The quantitative estimate of drug-likeness (QED) is 0.788. The summed E-state index contributed by atoms with van der Waals surface area (Å²) in [6, 6.07) is 15.5. The summed E-state index contributed by atoms with van der Waals surface area (Å²) in [5.74, 6) is 1.45. The average Bonchev–Trinajstić information content (AvgIpc) is 2.54. The fourth-order valence-corrected chi connectivity index (χ4v) is 2.97. The van der Waals surface area contributed by atoms with Crippen LogP contribution in [0.2, 0.25) is 0 Å². The van der Waals surface area contributed by atoms with Crippen molar-refractivity contribution in [3.8, 4) is 5.75 Å². The number of carbonyl (C=O) groups is 1. The van der Waals surface area contributed by atoms with Crippen LogP contribution >= 0.6 is 27.7 Å². The molecular weight excluding hydrogens is 362 g/mol. The van der Waals surface area contributed by atoms with Gasteiger partial charge in [-0.3, -0.25) is 4.79 Å². The van der Waals surface area contributed by atoms with Gasteiger partial charge in [-0.1, -0.05) is 40.2 Å². The third-order valence-electron chi connectivity index (χ3n) is 3.15. The van der Waals surface area contributed by atoms with Crippen LogP contribution in [-0.2, 0) is 10.5 Å². The maximum absolute atomic E-state index is 12.3. The number of thioether (sulfide) groups is 1. The van der Waals surface area contributed by atoms with Gasteiger partial charge >= 0.3 is 0 Å². The summed E-state index contributed by atoms with van der Waals surface area (Å²) >= 11 is 5.02. The Labute approximate surface area is 143 Å². The van der Waals surface area contributed by atoms with Crippen molar-refractivity contribution in [2.75, 3.05) is 12.4 Å². The normalized spacial score (nSPS) is 11.8. The van der Waals surface area contributed by atoms with Gasteiger partial charge in [0.15, 0.2) is 0 Å². The summed E-state index contributed by atoms with van der Waals surface area (Å²) in [5.41, 5.74) is 1.90. The van der Waals surface area contributed by atoms with Crippen LogP contribution in [0.15, 0.2) is 53.0 Å². The number of benzene rings is 2. The Morgan fingerprint density at radius 1 is 1.23 bits per heavy atom. The van der Waals surface area contributed by atoms with Crippen LogP contribution in [0, 0.1) is 0 Å². The summed E-state index contributed by atoms with van der Waals surface area (Å²) in [7, 11) is 1.59. The van der Waals surface area contributed by atoms with E-state index in [-0.39, 0.29) is 11.2 Å². The number of nitrogens with one attached hydrogen (secondary N) is 1. The van der Waals surface area contributed by atoms with Crippen LogP contribution in [0.4, 0.5) is 5.69 Å². The Bertz CT molecular complexity index is 631. The minimum atomic E-state index is -0.145. The summed E-state index contributed by atoms with van der Waals surface area (Å²) in [4.78, 5) is 12.3. The lowest BCUT2D eigenvalue weighted by atomic mass is 10.2. The number of ether oxygens (including phenoxy) is 1. The Hall–Kier alpha value is -1.46. The van der Waals surface area contributed by atoms with E-state index >= 15 is 0 Å². The molecule has 0 heterocycles. The molecule has 1 amide bonds. The highest BCUT2D eigenvalue weighted by Gasteiger charge is 2.15. The molecule has 0 aromatic heterocycles. The topological polar surface area (TPSA) is 38.3 Å². The van der Waals surface area contributed by atoms with E-state index < -0.39 is 0 Å². The molecule has 0 aliphatic heterocycles. The van der Waals surface area contributed by atoms with Gasteiger partial charge in [-0.15, -0.1) is 11.8 Å². The van der Waals surface area contributed by atoms with Gasteiger partial charge in [0.25, 0.3) is 0 Å². The van der Waals surface area contributed by atoms with Crippen LogP contribution < -0.4 is 10.1 Å². The average molecular weight is 380 g/mol. The second-order valence-electron chi connectivity index (χ2n) is 4.77. The lowest BCUT2D eigenvalue weighted by molar-refractivity contribution is -0.115. The zero-order valence-corrected chi connectivity index (χ0v) is 14.9. The molecule has 0 aliphatic rings. The molecule has 116 valence electrons. The van der Waals surface area contributed by atoms with Crippen molar-refractivity contribution in [2.45, 2.75) is 17.9 Å². The van der Waals surface area contributed by atoms with Crippen molar-refractivity contribution in [2.24, 2.45) is 0 Å². The van der Waals surface area contributed by atoms with E-state index in [4.69, 9.17) is 4.74 Å². The maximum atomic E-state index is 12.3. The molecule has 0 saturated heterocycles. The third kappa shape index (κ3) is 4.78. The molecule has 2 rings (SSSR count).